The van der Waals surface area contributed by atoms with E-state index in [4.69, 9.17) is 9.47 Å². The van der Waals surface area contributed by atoms with Crippen molar-refractivity contribution in [2.24, 2.45) is 0 Å². The molecule has 3 aromatic carbocycles. The number of rotatable bonds is 12. The minimum atomic E-state index is -4.16. The fraction of sp³-hybridized carbons (Fsp3) is 0.355. The van der Waals surface area contributed by atoms with Gasteiger partial charge in [0.15, 0.2) is 11.5 Å². The maximum atomic E-state index is 14.0. The molecule has 1 aliphatic rings. The topological polar surface area (TPSA) is 105 Å². The van der Waals surface area contributed by atoms with E-state index < -0.39 is 28.5 Å². The van der Waals surface area contributed by atoms with Crippen molar-refractivity contribution in [1.29, 1.82) is 0 Å². The summed E-state index contributed by atoms with van der Waals surface area (Å²) in [6.07, 6.45) is 1.24. The van der Waals surface area contributed by atoms with E-state index in [1.807, 2.05) is 44.2 Å². The van der Waals surface area contributed by atoms with E-state index in [0.29, 0.717) is 31.1 Å². The maximum absolute atomic E-state index is 14.0. The van der Waals surface area contributed by atoms with Crippen LogP contribution >= 0.6 is 0 Å². The highest BCUT2D eigenvalue weighted by Crippen LogP contribution is 2.35. The molecule has 1 heterocycles. The van der Waals surface area contributed by atoms with Crippen LogP contribution < -0.4 is 19.1 Å². The predicted octanol–water partition coefficient (Wildman–Crippen LogP) is 4.03. The van der Waals surface area contributed by atoms with Crippen LogP contribution in [0, 0.1) is 0 Å². The Morgan fingerprint density at radius 1 is 0.902 bits per heavy atom. The van der Waals surface area contributed by atoms with Gasteiger partial charge in [0.2, 0.25) is 11.8 Å². The molecule has 3 aromatic rings. The van der Waals surface area contributed by atoms with Crippen LogP contribution in [-0.4, -0.2) is 63.5 Å². The van der Waals surface area contributed by atoms with Gasteiger partial charge >= 0.3 is 0 Å². The van der Waals surface area contributed by atoms with Gasteiger partial charge in [-0.3, -0.25) is 13.9 Å². The lowest BCUT2D eigenvalue weighted by atomic mass is 10.1. The lowest BCUT2D eigenvalue weighted by Crippen LogP contribution is -2.53. The van der Waals surface area contributed by atoms with E-state index in [0.717, 1.165) is 16.3 Å². The first-order chi connectivity index (χ1) is 19.7. The molecule has 1 aliphatic heterocycles. The molecule has 2 amide bonds. The lowest BCUT2D eigenvalue weighted by molar-refractivity contribution is -0.139. The molecule has 4 rings (SSSR count). The third-order valence-corrected chi connectivity index (χ3v) is 8.86. The quantitative estimate of drug-likeness (QED) is 0.348. The molecule has 0 fully saturated rings. The molecule has 0 bridgehead atoms. The lowest BCUT2D eigenvalue weighted by Gasteiger charge is -2.32. The van der Waals surface area contributed by atoms with Gasteiger partial charge in [-0.15, -0.1) is 0 Å². The standard InChI is InChI=1S/C31H37N3O6S/c1-4-23(2)32-31(36)24(3)33(18-17-25-11-7-5-8-12-25)30(35)22-34(41(37,38)27-13-9-6-10-14-27)26-15-16-28-29(21-26)40-20-19-39-28/h5-16,21,23-24H,4,17-20,22H2,1-3H3,(H,32,36)/t23-,24+/m1/s1. The zero-order valence-electron chi connectivity index (χ0n) is 23.7. The monoisotopic (exact) mass is 579 g/mol. The molecule has 218 valence electrons. The highest BCUT2D eigenvalue weighted by atomic mass is 32.2. The SMILES string of the molecule is CC[C@@H](C)NC(=O)[C@H](C)N(CCc1ccccc1)C(=O)CN(c1ccc2c(c1)OCCO2)S(=O)(=O)c1ccccc1. The van der Waals surface area contributed by atoms with Crippen molar-refractivity contribution in [2.45, 2.75) is 50.6 Å². The number of hydrogen-bond donors (Lipinski definition) is 1. The van der Waals surface area contributed by atoms with Gasteiger partial charge in [-0.1, -0.05) is 55.5 Å². The molecular weight excluding hydrogens is 542 g/mol. The van der Waals surface area contributed by atoms with E-state index in [1.165, 1.54) is 17.0 Å². The summed E-state index contributed by atoms with van der Waals surface area (Å²) >= 11 is 0. The molecule has 0 aromatic heterocycles. The normalized spacial score (nSPS) is 14.0. The number of nitrogens with one attached hydrogen (secondary N) is 1. The largest absolute Gasteiger partial charge is 0.486 e. The highest BCUT2D eigenvalue weighted by Gasteiger charge is 2.33. The van der Waals surface area contributed by atoms with E-state index in [9.17, 15) is 18.0 Å². The summed E-state index contributed by atoms with van der Waals surface area (Å²) in [5, 5.41) is 2.94. The summed E-state index contributed by atoms with van der Waals surface area (Å²) in [5.41, 5.74) is 1.26. The van der Waals surface area contributed by atoms with Crippen LogP contribution in [0.5, 0.6) is 11.5 Å². The molecule has 0 spiro atoms. The van der Waals surface area contributed by atoms with Crippen molar-refractivity contribution in [2.75, 3.05) is 30.6 Å². The molecule has 0 saturated carbocycles. The summed E-state index contributed by atoms with van der Waals surface area (Å²) in [6, 6.07) is 21.5. The van der Waals surface area contributed by atoms with Crippen LogP contribution in [0.3, 0.4) is 0 Å². The molecule has 9 nitrogen and oxygen atoms in total. The molecule has 1 N–H and O–H groups in total. The Bertz CT molecular complexity index is 1430. The van der Waals surface area contributed by atoms with Gasteiger partial charge in [-0.2, -0.15) is 0 Å². The number of carbonyl (C=O) groups is 2. The van der Waals surface area contributed by atoms with Crippen LogP contribution in [0.25, 0.3) is 0 Å². The average molecular weight is 580 g/mol. The van der Waals surface area contributed by atoms with Gasteiger partial charge in [0.05, 0.1) is 10.6 Å². The molecule has 10 heteroatoms. The van der Waals surface area contributed by atoms with Gasteiger partial charge in [0.1, 0.15) is 25.8 Å². The van der Waals surface area contributed by atoms with Crippen LogP contribution in [-0.2, 0) is 26.0 Å². The number of carbonyl (C=O) groups excluding carboxylic acids is 2. The first-order valence-electron chi connectivity index (χ1n) is 13.8. The van der Waals surface area contributed by atoms with Gasteiger partial charge in [-0.05, 0) is 56.5 Å². The number of hydrogen-bond acceptors (Lipinski definition) is 6. The minimum Gasteiger partial charge on any atom is -0.486 e. The number of anilines is 1. The highest BCUT2D eigenvalue weighted by molar-refractivity contribution is 7.92. The molecule has 41 heavy (non-hydrogen) atoms. The smallest absolute Gasteiger partial charge is 0.264 e. The number of ether oxygens (including phenoxy) is 2. The molecule has 0 aliphatic carbocycles. The van der Waals surface area contributed by atoms with Crippen molar-refractivity contribution in [3.8, 4) is 11.5 Å². The Balaban J connectivity index is 1.68. The second-order valence-corrected chi connectivity index (χ2v) is 11.8. The maximum Gasteiger partial charge on any atom is 0.264 e. The molecule has 0 unspecified atom stereocenters. The van der Waals surface area contributed by atoms with E-state index >= 15 is 0 Å². The van der Waals surface area contributed by atoms with E-state index in [2.05, 4.69) is 5.32 Å². The summed E-state index contributed by atoms with van der Waals surface area (Å²) in [6.45, 7) is 5.98. The molecule has 2 atom stereocenters. The Hall–Kier alpha value is -4.05. The fourth-order valence-electron chi connectivity index (χ4n) is 4.47. The Kier molecular flexibility index (Phi) is 9.88. The molecule has 0 saturated heterocycles. The van der Waals surface area contributed by atoms with Crippen molar-refractivity contribution in [3.63, 3.8) is 0 Å². The van der Waals surface area contributed by atoms with Crippen molar-refractivity contribution in [3.05, 3.63) is 84.4 Å². The van der Waals surface area contributed by atoms with E-state index in [-0.39, 0.29) is 29.1 Å². The minimum absolute atomic E-state index is 0.0427. The predicted molar refractivity (Wildman–Crippen MR) is 158 cm³/mol. The van der Waals surface area contributed by atoms with E-state index in [1.54, 1.807) is 43.3 Å². The number of fused-ring (bicyclic) bond motifs is 1. The van der Waals surface area contributed by atoms with Crippen molar-refractivity contribution < 1.29 is 27.5 Å². The van der Waals surface area contributed by atoms with Crippen molar-refractivity contribution in [1.82, 2.24) is 10.2 Å². The van der Waals surface area contributed by atoms with Gasteiger partial charge in [0.25, 0.3) is 10.0 Å². The van der Waals surface area contributed by atoms with Gasteiger partial charge in [0, 0.05) is 18.7 Å². The second-order valence-electron chi connectivity index (χ2n) is 9.97. The van der Waals surface area contributed by atoms with Crippen LogP contribution in [0.4, 0.5) is 5.69 Å². The Labute approximate surface area is 242 Å². The van der Waals surface area contributed by atoms with Crippen molar-refractivity contribution >= 4 is 27.5 Å². The Morgan fingerprint density at radius 2 is 1.54 bits per heavy atom. The third-order valence-electron chi connectivity index (χ3n) is 7.08. The second kappa shape index (κ2) is 13.5. The van der Waals surface area contributed by atoms with Gasteiger partial charge in [-0.25, -0.2) is 8.42 Å². The van der Waals surface area contributed by atoms with Crippen LogP contribution in [0.1, 0.15) is 32.8 Å². The zero-order valence-corrected chi connectivity index (χ0v) is 24.5. The Morgan fingerprint density at radius 3 is 2.20 bits per heavy atom. The zero-order chi connectivity index (χ0) is 29.4. The number of nitrogens with zero attached hydrogens (tertiary/aromatic N) is 2. The first-order valence-corrected chi connectivity index (χ1v) is 15.3. The van der Waals surface area contributed by atoms with Crippen LogP contribution in [0.2, 0.25) is 0 Å². The van der Waals surface area contributed by atoms with Crippen LogP contribution in [0.15, 0.2) is 83.8 Å². The molecular formula is C31H37N3O6S. The third kappa shape index (κ3) is 7.38. The molecule has 0 radical (unpaired) electrons. The fourth-order valence-corrected chi connectivity index (χ4v) is 5.90. The number of amides is 2. The summed E-state index contributed by atoms with van der Waals surface area (Å²) in [5.74, 6) is 0.111. The average Bonchev–Trinajstić information content (AvgIpc) is 3.00. The summed E-state index contributed by atoms with van der Waals surface area (Å²) in [4.78, 5) is 28.6. The summed E-state index contributed by atoms with van der Waals surface area (Å²) in [7, 11) is -4.16. The number of benzene rings is 3. The summed E-state index contributed by atoms with van der Waals surface area (Å²) < 4.78 is 40.2. The number of sulfonamides is 1. The van der Waals surface area contributed by atoms with Gasteiger partial charge < -0.3 is 19.7 Å². The first kappa shape index (κ1) is 29.9.